The van der Waals surface area contributed by atoms with Gasteiger partial charge in [-0.1, -0.05) is 18.2 Å². The first-order chi connectivity index (χ1) is 12.4. The average molecular weight is 390 g/mol. The van der Waals surface area contributed by atoms with Gasteiger partial charge in [0.05, 0.1) is 5.69 Å². The van der Waals surface area contributed by atoms with Crippen LogP contribution in [0.2, 0.25) is 0 Å². The highest BCUT2D eigenvalue weighted by Crippen LogP contribution is 2.33. The minimum absolute atomic E-state index is 0.0186. The van der Waals surface area contributed by atoms with Gasteiger partial charge in [0, 0.05) is 27.5 Å². The first kappa shape index (κ1) is 18.5. The van der Waals surface area contributed by atoms with Gasteiger partial charge in [-0.15, -0.1) is 23.1 Å². The van der Waals surface area contributed by atoms with Crippen molar-refractivity contribution in [3.63, 3.8) is 0 Å². The Labute approximate surface area is 158 Å². The molecule has 0 spiro atoms. The third-order valence-electron chi connectivity index (χ3n) is 3.86. The highest BCUT2D eigenvalue weighted by Gasteiger charge is 2.12. The van der Waals surface area contributed by atoms with E-state index in [4.69, 9.17) is 5.73 Å². The average Bonchev–Trinajstić information content (AvgIpc) is 3.11. The van der Waals surface area contributed by atoms with Crippen molar-refractivity contribution in [2.24, 2.45) is 5.73 Å². The zero-order valence-electron chi connectivity index (χ0n) is 13.9. The first-order valence-electron chi connectivity index (χ1n) is 7.85. The lowest BCUT2D eigenvalue weighted by molar-refractivity contribution is 0.100. The number of thiazole rings is 1. The molecule has 1 amide bonds. The molecule has 0 fully saturated rings. The van der Waals surface area contributed by atoms with Crippen molar-refractivity contribution in [2.75, 3.05) is 0 Å². The number of thioether (sulfide) groups is 1. The van der Waals surface area contributed by atoms with Gasteiger partial charge in [-0.05, 0) is 36.8 Å². The summed E-state index contributed by atoms with van der Waals surface area (Å²) in [7, 11) is 0. The second kappa shape index (κ2) is 7.97. The van der Waals surface area contributed by atoms with Gasteiger partial charge >= 0.3 is 0 Å². The fraction of sp³-hybridized carbons (Fsp3) is 0.158. The van der Waals surface area contributed by atoms with Crippen molar-refractivity contribution >= 4 is 29.0 Å². The fourth-order valence-corrected chi connectivity index (χ4v) is 4.19. The molecule has 2 aromatic carbocycles. The number of halogens is 2. The van der Waals surface area contributed by atoms with E-state index < -0.39 is 17.5 Å². The SMILES string of the molecule is C[C@H](SCc1csc(-c2ccc(C(N)=O)cc2)n1)c1ccc(F)c(F)c1. The van der Waals surface area contributed by atoms with Crippen LogP contribution in [0.1, 0.15) is 33.8 Å². The summed E-state index contributed by atoms with van der Waals surface area (Å²) in [5.41, 5.74) is 8.28. The summed E-state index contributed by atoms with van der Waals surface area (Å²) in [6, 6.07) is 11.0. The Morgan fingerprint density at radius 2 is 1.92 bits per heavy atom. The van der Waals surface area contributed by atoms with E-state index in [0.29, 0.717) is 11.3 Å². The molecule has 3 nitrogen and oxygen atoms in total. The van der Waals surface area contributed by atoms with Crippen LogP contribution in [0.5, 0.6) is 0 Å². The predicted molar refractivity (Wildman–Crippen MR) is 102 cm³/mol. The van der Waals surface area contributed by atoms with Crippen LogP contribution in [-0.4, -0.2) is 10.9 Å². The topological polar surface area (TPSA) is 56.0 Å². The standard InChI is InChI=1S/C19H16F2N2OS2/c1-11(14-6-7-16(20)17(21)8-14)25-9-15-10-26-19(23-15)13-4-2-12(3-5-13)18(22)24/h2-8,10-11H,9H2,1H3,(H2,22,24)/t11-/m0/s1. The summed E-state index contributed by atoms with van der Waals surface area (Å²) in [5, 5.41) is 2.85. The monoisotopic (exact) mass is 390 g/mol. The number of primary amides is 1. The van der Waals surface area contributed by atoms with E-state index in [1.807, 2.05) is 24.4 Å². The minimum atomic E-state index is -0.836. The van der Waals surface area contributed by atoms with Gasteiger partial charge in [0.2, 0.25) is 5.91 Å². The first-order valence-corrected chi connectivity index (χ1v) is 9.78. The third-order valence-corrected chi connectivity index (χ3v) is 6.04. The second-order valence-corrected chi connectivity index (χ2v) is 7.90. The fourth-order valence-electron chi connectivity index (χ4n) is 2.35. The molecule has 0 bridgehead atoms. The van der Waals surface area contributed by atoms with Gasteiger partial charge in [-0.25, -0.2) is 13.8 Å². The van der Waals surface area contributed by atoms with Crippen molar-refractivity contribution in [3.8, 4) is 10.6 Å². The molecule has 0 aliphatic heterocycles. The van der Waals surface area contributed by atoms with E-state index in [0.717, 1.165) is 27.9 Å². The van der Waals surface area contributed by atoms with Crippen molar-refractivity contribution in [2.45, 2.75) is 17.9 Å². The molecule has 0 saturated heterocycles. The lowest BCUT2D eigenvalue weighted by atomic mass is 10.1. The molecule has 3 aromatic rings. The molecule has 1 atom stereocenters. The third kappa shape index (κ3) is 4.28. The molecule has 3 rings (SSSR count). The lowest BCUT2D eigenvalue weighted by Gasteiger charge is -2.11. The van der Waals surface area contributed by atoms with Crippen LogP contribution < -0.4 is 5.73 Å². The van der Waals surface area contributed by atoms with Crippen molar-refractivity contribution in [1.82, 2.24) is 4.98 Å². The summed E-state index contributed by atoms with van der Waals surface area (Å²) in [5.74, 6) is -1.46. The molecule has 7 heteroatoms. The smallest absolute Gasteiger partial charge is 0.248 e. The Hall–Kier alpha value is -2.25. The second-order valence-electron chi connectivity index (χ2n) is 5.71. The van der Waals surface area contributed by atoms with Crippen LogP contribution in [-0.2, 0) is 5.75 Å². The molecule has 0 aliphatic carbocycles. The lowest BCUT2D eigenvalue weighted by Crippen LogP contribution is -2.10. The number of carbonyl (C=O) groups excluding carboxylic acids is 1. The normalized spacial score (nSPS) is 12.1. The zero-order chi connectivity index (χ0) is 18.7. The molecule has 134 valence electrons. The summed E-state index contributed by atoms with van der Waals surface area (Å²) in [6.07, 6.45) is 0. The summed E-state index contributed by atoms with van der Waals surface area (Å²) < 4.78 is 26.4. The van der Waals surface area contributed by atoms with Gasteiger partial charge < -0.3 is 5.73 Å². The molecule has 0 aliphatic rings. The highest BCUT2D eigenvalue weighted by molar-refractivity contribution is 7.98. The minimum Gasteiger partial charge on any atom is -0.366 e. The Morgan fingerprint density at radius 1 is 1.19 bits per heavy atom. The van der Waals surface area contributed by atoms with Crippen molar-refractivity contribution < 1.29 is 13.6 Å². The van der Waals surface area contributed by atoms with Crippen LogP contribution >= 0.6 is 23.1 Å². The van der Waals surface area contributed by atoms with E-state index >= 15 is 0 Å². The van der Waals surface area contributed by atoms with Gasteiger partial charge in [-0.2, -0.15) is 0 Å². The maximum Gasteiger partial charge on any atom is 0.248 e. The van der Waals surface area contributed by atoms with Gasteiger partial charge in [0.1, 0.15) is 5.01 Å². The quantitative estimate of drug-likeness (QED) is 0.631. The number of rotatable bonds is 6. The van der Waals surface area contributed by atoms with Crippen molar-refractivity contribution in [1.29, 1.82) is 0 Å². The number of nitrogens with two attached hydrogens (primary N) is 1. The van der Waals surface area contributed by atoms with Crippen LogP contribution in [0.4, 0.5) is 8.78 Å². The maximum absolute atomic E-state index is 13.3. The molecule has 2 N–H and O–H groups in total. The number of hydrogen-bond acceptors (Lipinski definition) is 4. The molecule has 1 aromatic heterocycles. The number of benzene rings is 2. The predicted octanol–water partition coefficient (Wildman–Crippen LogP) is 5.18. The van der Waals surface area contributed by atoms with E-state index in [1.54, 1.807) is 30.0 Å². The van der Waals surface area contributed by atoms with E-state index in [-0.39, 0.29) is 5.25 Å². The van der Waals surface area contributed by atoms with E-state index in [2.05, 4.69) is 4.98 Å². The van der Waals surface area contributed by atoms with E-state index in [9.17, 15) is 13.6 Å². The maximum atomic E-state index is 13.3. The largest absolute Gasteiger partial charge is 0.366 e. The Morgan fingerprint density at radius 3 is 2.58 bits per heavy atom. The molecule has 26 heavy (non-hydrogen) atoms. The molecule has 0 saturated carbocycles. The van der Waals surface area contributed by atoms with Crippen LogP contribution in [0.25, 0.3) is 10.6 Å². The number of aromatic nitrogens is 1. The summed E-state index contributed by atoms with van der Waals surface area (Å²) in [6.45, 7) is 1.95. The van der Waals surface area contributed by atoms with Crippen LogP contribution in [0.15, 0.2) is 47.8 Å². The molecule has 0 radical (unpaired) electrons. The number of hydrogen-bond donors (Lipinski definition) is 1. The number of carbonyl (C=O) groups is 1. The zero-order valence-corrected chi connectivity index (χ0v) is 15.5. The Bertz CT molecular complexity index is 926. The molecular weight excluding hydrogens is 374 g/mol. The van der Waals surface area contributed by atoms with Gasteiger partial charge in [-0.3, -0.25) is 4.79 Å². The summed E-state index contributed by atoms with van der Waals surface area (Å²) >= 11 is 3.12. The van der Waals surface area contributed by atoms with E-state index in [1.165, 1.54) is 17.4 Å². The van der Waals surface area contributed by atoms with Gasteiger partial charge in [0.15, 0.2) is 11.6 Å². The number of nitrogens with zero attached hydrogens (tertiary/aromatic N) is 1. The Kier molecular flexibility index (Phi) is 5.68. The molecular formula is C19H16F2N2OS2. The molecule has 0 unspecified atom stereocenters. The van der Waals surface area contributed by atoms with Crippen molar-refractivity contribution in [3.05, 3.63) is 76.3 Å². The summed E-state index contributed by atoms with van der Waals surface area (Å²) in [4.78, 5) is 15.7. The van der Waals surface area contributed by atoms with Gasteiger partial charge in [0.25, 0.3) is 0 Å². The Balaban J connectivity index is 1.64. The van der Waals surface area contributed by atoms with Crippen LogP contribution in [0, 0.1) is 11.6 Å². The van der Waals surface area contributed by atoms with Crippen LogP contribution in [0.3, 0.4) is 0 Å². The molecule has 1 heterocycles. The number of amides is 1. The highest BCUT2D eigenvalue weighted by atomic mass is 32.2.